The second kappa shape index (κ2) is 10.1. The predicted octanol–water partition coefficient (Wildman–Crippen LogP) is 2.78. The van der Waals surface area contributed by atoms with Gasteiger partial charge in [0, 0.05) is 23.3 Å². The highest BCUT2D eigenvalue weighted by molar-refractivity contribution is 5.61. The number of piperidine rings is 1. The van der Waals surface area contributed by atoms with Crippen LogP contribution >= 0.6 is 0 Å². The Bertz CT molecular complexity index is 1060. The zero-order valence-electron chi connectivity index (χ0n) is 19.5. The van der Waals surface area contributed by atoms with E-state index in [0.29, 0.717) is 11.7 Å². The molecule has 2 fully saturated rings. The molecule has 1 aromatic heterocycles. The molecule has 4 N–H and O–H groups in total. The van der Waals surface area contributed by atoms with Gasteiger partial charge in [-0.3, -0.25) is 4.90 Å². The van der Waals surface area contributed by atoms with E-state index < -0.39 is 18.5 Å². The number of nitriles is 1. The van der Waals surface area contributed by atoms with Crippen LogP contribution in [0.5, 0.6) is 5.75 Å². The summed E-state index contributed by atoms with van der Waals surface area (Å²) in [6, 6.07) is 7.45. The highest BCUT2D eigenvalue weighted by atomic mass is 19.1. The summed E-state index contributed by atoms with van der Waals surface area (Å²) in [4.78, 5) is 11.0. The largest absolute Gasteiger partial charge is 0.489 e. The molecule has 9 nitrogen and oxygen atoms in total. The van der Waals surface area contributed by atoms with E-state index in [4.69, 9.17) is 9.84 Å². The van der Waals surface area contributed by atoms with E-state index in [1.807, 2.05) is 6.07 Å². The molecule has 182 valence electrons. The summed E-state index contributed by atoms with van der Waals surface area (Å²) in [6.45, 7) is 5.04. The van der Waals surface area contributed by atoms with Gasteiger partial charge < -0.3 is 25.6 Å². The summed E-state index contributed by atoms with van der Waals surface area (Å²) in [5, 5.41) is 34.1. The zero-order valence-corrected chi connectivity index (χ0v) is 19.5. The molecule has 0 spiro atoms. The summed E-state index contributed by atoms with van der Waals surface area (Å²) < 4.78 is 19.9. The molecule has 3 heterocycles. The highest BCUT2D eigenvalue weighted by Crippen LogP contribution is 2.38. The van der Waals surface area contributed by atoms with Gasteiger partial charge in [-0.2, -0.15) is 10.2 Å². The van der Waals surface area contributed by atoms with Gasteiger partial charge in [-0.15, -0.1) is 0 Å². The Morgan fingerprint density at radius 2 is 2.24 bits per heavy atom. The van der Waals surface area contributed by atoms with Crippen molar-refractivity contribution in [2.24, 2.45) is 0 Å². The van der Waals surface area contributed by atoms with Gasteiger partial charge in [-0.25, -0.2) is 9.37 Å². The fourth-order valence-electron chi connectivity index (χ4n) is 5.03. The Kier molecular flexibility index (Phi) is 7.16. The van der Waals surface area contributed by atoms with Crippen LogP contribution in [0.15, 0.2) is 24.4 Å². The Morgan fingerprint density at radius 1 is 1.41 bits per heavy atom. The maximum atomic E-state index is 14.6. The van der Waals surface area contributed by atoms with Gasteiger partial charge >= 0.3 is 0 Å². The van der Waals surface area contributed by atoms with Gasteiger partial charge in [-0.1, -0.05) is 0 Å². The van der Waals surface area contributed by atoms with E-state index in [2.05, 4.69) is 39.3 Å². The molecular formula is C24H31FN6O3. The average molecular weight is 471 g/mol. The molecule has 0 saturated carbocycles. The minimum absolute atomic E-state index is 0.0480. The summed E-state index contributed by atoms with van der Waals surface area (Å²) in [7, 11) is 0. The monoisotopic (exact) mass is 470 g/mol. The number of rotatable bonds is 8. The van der Waals surface area contributed by atoms with Gasteiger partial charge in [0.2, 0.25) is 5.95 Å². The summed E-state index contributed by atoms with van der Waals surface area (Å²) in [5.41, 5.74) is 0.817. The minimum Gasteiger partial charge on any atom is -0.489 e. The molecule has 10 heteroatoms. The first-order chi connectivity index (χ1) is 16.3. The van der Waals surface area contributed by atoms with Gasteiger partial charge in [0.1, 0.15) is 24.5 Å². The molecule has 2 aromatic rings. The van der Waals surface area contributed by atoms with Crippen LogP contribution in [0.2, 0.25) is 0 Å². The number of nitrogens with one attached hydrogen (secondary N) is 2. The standard InChI is InChI=1S/C24H31FN6O3/c1-24(2)10-17(9-18-4-3-7-31(18)24)28-22-20(25)12-27-23(30-22)29-16-5-6-21(15(8-16)11-26)34-14-19(33)13-32/h5-6,8,12,17-19,32-33H,3-4,7,9-10,13-14H2,1-2H3,(H2,27,28,29,30)/t17-,18+,19?/m1/s1. The second-order valence-corrected chi connectivity index (χ2v) is 9.57. The normalized spacial score (nSPS) is 22.5. The molecule has 0 amide bonds. The van der Waals surface area contributed by atoms with Crippen molar-refractivity contribution in [2.45, 2.75) is 63.3 Å². The third kappa shape index (κ3) is 5.38. The van der Waals surface area contributed by atoms with E-state index in [0.717, 1.165) is 25.6 Å². The lowest BCUT2D eigenvalue weighted by molar-refractivity contribution is 0.0500. The van der Waals surface area contributed by atoms with Crippen molar-refractivity contribution in [3.8, 4) is 11.8 Å². The number of fused-ring (bicyclic) bond motifs is 1. The van der Waals surface area contributed by atoms with E-state index >= 15 is 0 Å². The average Bonchev–Trinajstić information content (AvgIpc) is 3.29. The Labute approximate surface area is 198 Å². The van der Waals surface area contributed by atoms with Crippen molar-refractivity contribution in [2.75, 3.05) is 30.4 Å². The van der Waals surface area contributed by atoms with Crippen LogP contribution in [-0.4, -0.2) is 68.6 Å². The van der Waals surface area contributed by atoms with Crippen LogP contribution < -0.4 is 15.4 Å². The van der Waals surface area contributed by atoms with E-state index in [9.17, 15) is 14.8 Å². The van der Waals surface area contributed by atoms with Crippen molar-refractivity contribution in [1.82, 2.24) is 14.9 Å². The Balaban J connectivity index is 1.46. The number of aromatic nitrogens is 2. The first-order valence-electron chi connectivity index (χ1n) is 11.6. The molecule has 2 aliphatic heterocycles. The molecule has 34 heavy (non-hydrogen) atoms. The Hall–Kier alpha value is -3.00. The zero-order chi connectivity index (χ0) is 24.3. The molecule has 2 aliphatic rings. The minimum atomic E-state index is -1.03. The number of halogens is 1. The van der Waals surface area contributed by atoms with Crippen LogP contribution in [0.25, 0.3) is 0 Å². The molecule has 1 unspecified atom stereocenters. The first kappa shape index (κ1) is 24.1. The van der Waals surface area contributed by atoms with Crippen molar-refractivity contribution in [3.05, 3.63) is 35.8 Å². The lowest BCUT2D eigenvalue weighted by Crippen LogP contribution is -2.55. The maximum absolute atomic E-state index is 14.6. The third-order valence-electron chi connectivity index (χ3n) is 6.54. The molecule has 2 saturated heterocycles. The smallest absolute Gasteiger partial charge is 0.229 e. The Morgan fingerprint density at radius 3 is 3.00 bits per heavy atom. The lowest BCUT2D eigenvalue weighted by atomic mass is 9.84. The van der Waals surface area contributed by atoms with Crippen molar-refractivity contribution in [3.63, 3.8) is 0 Å². The number of aliphatic hydroxyl groups is 2. The van der Waals surface area contributed by atoms with E-state index in [1.54, 1.807) is 18.2 Å². The molecule has 0 aliphatic carbocycles. The van der Waals surface area contributed by atoms with Gasteiger partial charge in [0.05, 0.1) is 18.4 Å². The van der Waals surface area contributed by atoms with Gasteiger partial charge in [0.15, 0.2) is 11.6 Å². The van der Waals surface area contributed by atoms with Crippen molar-refractivity contribution >= 4 is 17.5 Å². The molecular weight excluding hydrogens is 439 g/mol. The van der Waals surface area contributed by atoms with Crippen LogP contribution in [-0.2, 0) is 0 Å². The number of nitrogens with zero attached hydrogens (tertiary/aromatic N) is 4. The molecule has 4 rings (SSSR count). The quantitative estimate of drug-likeness (QED) is 0.461. The summed E-state index contributed by atoms with van der Waals surface area (Å²) in [5.74, 6) is 0.128. The number of hydrogen-bond acceptors (Lipinski definition) is 9. The number of ether oxygens (including phenoxy) is 1. The van der Waals surface area contributed by atoms with E-state index in [1.165, 1.54) is 12.8 Å². The molecule has 0 bridgehead atoms. The second-order valence-electron chi connectivity index (χ2n) is 9.57. The molecule has 1 aromatic carbocycles. The predicted molar refractivity (Wildman–Crippen MR) is 125 cm³/mol. The lowest BCUT2D eigenvalue weighted by Gasteiger charge is -2.47. The summed E-state index contributed by atoms with van der Waals surface area (Å²) in [6.07, 6.45) is 4.32. The van der Waals surface area contributed by atoms with Crippen molar-refractivity contribution < 1.29 is 19.3 Å². The SMILES string of the molecule is CC1(C)C[C@H](Nc2nc(Nc3ccc(OCC(O)CO)c(C#N)c3)ncc2F)C[C@@H]2CCCN21. The number of anilines is 3. The number of aliphatic hydroxyl groups excluding tert-OH is 2. The highest BCUT2D eigenvalue weighted by Gasteiger charge is 2.43. The van der Waals surface area contributed by atoms with Crippen LogP contribution in [0.1, 0.15) is 45.1 Å². The van der Waals surface area contributed by atoms with Gasteiger partial charge in [-0.05, 0) is 64.3 Å². The van der Waals surface area contributed by atoms with Crippen LogP contribution in [0.4, 0.5) is 21.8 Å². The maximum Gasteiger partial charge on any atom is 0.229 e. The topological polar surface area (TPSA) is 127 Å². The first-order valence-corrected chi connectivity index (χ1v) is 11.6. The number of hydrogen-bond donors (Lipinski definition) is 4. The van der Waals surface area contributed by atoms with Crippen molar-refractivity contribution in [1.29, 1.82) is 5.26 Å². The van der Waals surface area contributed by atoms with E-state index in [-0.39, 0.29) is 41.3 Å². The van der Waals surface area contributed by atoms with Gasteiger partial charge in [0.25, 0.3) is 0 Å². The fourth-order valence-corrected chi connectivity index (χ4v) is 5.03. The van der Waals surface area contributed by atoms with Crippen LogP contribution in [0.3, 0.4) is 0 Å². The molecule has 3 atom stereocenters. The third-order valence-corrected chi connectivity index (χ3v) is 6.54. The summed E-state index contributed by atoms with van der Waals surface area (Å²) >= 11 is 0. The van der Waals surface area contributed by atoms with Crippen LogP contribution in [0, 0.1) is 17.1 Å². The fraction of sp³-hybridized carbons (Fsp3) is 0.542. The number of benzene rings is 1. The molecule has 0 radical (unpaired) electrons.